The monoisotopic (exact) mass is 464 g/mol. The summed E-state index contributed by atoms with van der Waals surface area (Å²) in [6.45, 7) is 5.38. The highest BCUT2D eigenvalue weighted by Gasteiger charge is 2.38. The topological polar surface area (TPSA) is 63.2 Å². The minimum Gasteiger partial charge on any atom is -0.504 e. The van der Waals surface area contributed by atoms with Gasteiger partial charge >= 0.3 is 0 Å². The van der Waals surface area contributed by atoms with Crippen molar-refractivity contribution in [2.24, 2.45) is 11.8 Å². The van der Waals surface area contributed by atoms with Crippen molar-refractivity contribution in [3.8, 4) is 23.0 Å². The minimum absolute atomic E-state index is 0.213. The lowest BCUT2D eigenvalue weighted by molar-refractivity contribution is 0.0693. The number of piperidine rings is 1. The molecule has 0 spiro atoms. The van der Waals surface area contributed by atoms with Gasteiger partial charge in [0.05, 0.1) is 21.3 Å². The first-order valence-electron chi connectivity index (χ1n) is 12.4. The molecule has 1 fully saturated rings. The Morgan fingerprint density at radius 3 is 2.50 bits per heavy atom. The zero-order valence-electron chi connectivity index (χ0n) is 20.7. The number of fused-ring (bicyclic) bond motifs is 4. The molecule has 0 aliphatic carbocycles. The van der Waals surface area contributed by atoms with Crippen LogP contribution in [0.5, 0.6) is 23.0 Å². The maximum Gasteiger partial charge on any atom is 0.161 e. The summed E-state index contributed by atoms with van der Waals surface area (Å²) in [7, 11) is 5.02. The Bertz CT molecular complexity index is 1100. The third kappa shape index (κ3) is 3.98. The number of phenols is 1. The van der Waals surface area contributed by atoms with E-state index in [-0.39, 0.29) is 5.75 Å². The number of hydrogen-bond acceptors (Lipinski definition) is 6. The predicted molar refractivity (Wildman–Crippen MR) is 134 cm³/mol. The molecule has 3 aliphatic heterocycles. The number of aromatic hydroxyl groups is 1. The number of nitrogens with one attached hydrogen (secondary N) is 1. The molecule has 0 aromatic heterocycles. The average Bonchev–Trinajstić information content (AvgIpc) is 2.87. The van der Waals surface area contributed by atoms with Crippen molar-refractivity contribution in [1.29, 1.82) is 0 Å². The van der Waals surface area contributed by atoms with Gasteiger partial charge in [-0.05, 0) is 72.1 Å². The fraction of sp³-hybridized carbons (Fsp3) is 0.500. The second-order valence-corrected chi connectivity index (χ2v) is 9.67. The van der Waals surface area contributed by atoms with Crippen LogP contribution in [-0.2, 0) is 12.8 Å². The maximum atomic E-state index is 10.3. The Hall–Kier alpha value is -2.86. The van der Waals surface area contributed by atoms with E-state index in [9.17, 15) is 5.11 Å². The van der Waals surface area contributed by atoms with E-state index in [2.05, 4.69) is 35.3 Å². The highest BCUT2D eigenvalue weighted by Crippen LogP contribution is 2.46. The average molecular weight is 465 g/mol. The van der Waals surface area contributed by atoms with Crippen LogP contribution in [0.25, 0.3) is 5.70 Å². The largest absolute Gasteiger partial charge is 0.504 e. The summed E-state index contributed by atoms with van der Waals surface area (Å²) >= 11 is 0. The smallest absolute Gasteiger partial charge is 0.161 e. The Kier molecular flexibility index (Phi) is 6.34. The van der Waals surface area contributed by atoms with Gasteiger partial charge in [0.25, 0.3) is 0 Å². The molecule has 2 aromatic rings. The van der Waals surface area contributed by atoms with Crippen molar-refractivity contribution < 1.29 is 19.3 Å². The van der Waals surface area contributed by atoms with Gasteiger partial charge in [-0.1, -0.05) is 19.4 Å². The third-order valence-electron chi connectivity index (χ3n) is 7.99. The molecular formula is C28H36N2O4. The molecule has 6 nitrogen and oxygen atoms in total. The summed E-state index contributed by atoms with van der Waals surface area (Å²) in [6.07, 6.45) is 6.64. The number of nitrogens with zero attached hydrogens (tertiary/aromatic N) is 1. The van der Waals surface area contributed by atoms with E-state index in [0.717, 1.165) is 62.4 Å². The number of benzene rings is 2. The van der Waals surface area contributed by atoms with Gasteiger partial charge in [-0.25, -0.2) is 0 Å². The molecule has 0 unspecified atom stereocenters. The highest BCUT2D eigenvalue weighted by molar-refractivity contribution is 5.71. The highest BCUT2D eigenvalue weighted by atomic mass is 16.5. The van der Waals surface area contributed by atoms with E-state index < -0.39 is 0 Å². The maximum absolute atomic E-state index is 10.3. The summed E-state index contributed by atoms with van der Waals surface area (Å²) in [4.78, 5) is 2.67. The van der Waals surface area contributed by atoms with Crippen LogP contribution < -0.4 is 19.5 Å². The van der Waals surface area contributed by atoms with Crippen molar-refractivity contribution in [1.82, 2.24) is 10.2 Å². The van der Waals surface area contributed by atoms with Crippen LogP contribution in [-0.4, -0.2) is 51.0 Å². The van der Waals surface area contributed by atoms with Crippen molar-refractivity contribution in [3.05, 3.63) is 52.6 Å². The SMILES string of the molecule is CC[C@@H]1CN2CCc3cc(OC)c(OC)cc3[C@@H]2C[C@H]1C=C1NCCc2cc(O)c(OC)cc21. The van der Waals surface area contributed by atoms with Crippen molar-refractivity contribution in [2.75, 3.05) is 41.0 Å². The summed E-state index contributed by atoms with van der Waals surface area (Å²) in [5.74, 6) is 3.43. The standard InChI is InChI=1S/C28H36N2O4/c1-5-17-16-30-9-7-19-13-27(33-3)28(34-4)15-22(19)24(30)11-20(17)10-23-21-14-26(32-2)25(31)12-18(21)6-8-29-23/h10,12-15,17,20,24,29,31H,5-9,11,16H2,1-4H3/t17-,20-,24+/m1/s1. The molecule has 1 saturated heterocycles. The molecule has 0 amide bonds. The second-order valence-electron chi connectivity index (χ2n) is 9.67. The first-order valence-corrected chi connectivity index (χ1v) is 12.4. The van der Waals surface area contributed by atoms with Gasteiger partial charge < -0.3 is 24.6 Å². The Morgan fingerprint density at radius 2 is 1.76 bits per heavy atom. The molecule has 182 valence electrons. The predicted octanol–water partition coefficient (Wildman–Crippen LogP) is 4.55. The molecule has 6 heteroatoms. The number of allylic oxidation sites excluding steroid dienone is 1. The van der Waals surface area contributed by atoms with E-state index in [1.165, 1.54) is 22.4 Å². The fourth-order valence-electron chi connectivity index (χ4n) is 6.12. The number of ether oxygens (including phenoxy) is 3. The molecule has 3 aliphatic rings. The first-order chi connectivity index (χ1) is 16.6. The van der Waals surface area contributed by atoms with Crippen LogP contribution in [0, 0.1) is 11.8 Å². The van der Waals surface area contributed by atoms with Crippen LogP contribution in [0.2, 0.25) is 0 Å². The number of methoxy groups -OCH3 is 3. The first kappa shape index (κ1) is 22.9. The lowest BCUT2D eigenvalue weighted by Gasteiger charge is -2.47. The quantitative estimate of drug-likeness (QED) is 0.677. The van der Waals surface area contributed by atoms with E-state index in [4.69, 9.17) is 14.2 Å². The van der Waals surface area contributed by atoms with E-state index in [1.54, 1.807) is 21.3 Å². The second kappa shape index (κ2) is 9.41. The molecule has 3 heterocycles. The third-order valence-corrected chi connectivity index (χ3v) is 7.99. The summed E-state index contributed by atoms with van der Waals surface area (Å²) in [5.41, 5.74) is 6.24. The molecular weight excluding hydrogens is 428 g/mol. The van der Waals surface area contributed by atoms with Crippen LogP contribution in [0.15, 0.2) is 30.3 Å². The number of phenolic OH excluding ortho intramolecular Hbond substituents is 1. The summed E-state index contributed by atoms with van der Waals surface area (Å²) in [5, 5.41) is 13.9. The fourth-order valence-corrected chi connectivity index (χ4v) is 6.12. The molecule has 34 heavy (non-hydrogen) atoms. The van der Waals surface area contributed by atoms with Gasteiger partial charge in [0.2, 0.25) is 0 Å². The molecule has 0 radical (unpaired) electrons. The van der Waals surface area contributed by atoms with Gasteiger partial charge in [0.15, 0.2) is 23.0 Å². The van der Waals surface area contributed by atoms with Crippen molar-refractivity contribution in [2.45, 2.75) is 38.6 Å². The lowest BCUT2D eigenvalue weighted by atomic mass is 9.75. The Morgan fingerprint density at radius 1 is 1.00 bits per heavy atom. The molecule has 5 rings (SSSR count). The number of hydrogen-bond donors (Lipinski definition) is 2. The zero-order valence-corrected chi connectivity index (χ0v) is 20.7. The Balaban J connectivity index is 1.50. The molecule has 2 aromatic carbocycles. The zero-order chi connectivity index (χ0) is 23.8. The van der Waals surface area contributed by atoms with Crippen molar-refractivity contribution in [3.63, 3.8) is 0 Å². The van der Waals surface area contributed by atoms with Gasteiger partial charge in [-0.2, -0.15) is 0 Å². The number of rotatable bonds is 5. The molecule has 3 atom stereocenters. The van der Waals surface area contributed by atoms with E-state index in [0.29, 0.717) is 23.6 Å². The summed E-state index contributed by atoms with van der Waals surface area (Å²) in [6, 6.07) is 8.59. The van der Waals surface area contributed by atoms with Crippen LogP contribution in [0.4, 0.5) is 0 Å². The minimum atomic E-state index is 0.213. The molecule has 0 bridgehead atoms. The van der Waals surface area contributed by atoms with Crippen LogP contribution in [0.1, 0.15) is 48.1 Å². The lowest BCUT2D eigenvalue weighted by Crippen LogP contribution is -2.45. The van der Waals surface area contributed by atoms with Crippen molar-refractivity contribution >= 4 is 5.70 Å². The molecule has 2 N–H and O–H groups in total. The van der Waals surface area contributed by atoms with Gasteiger partial charge in [-0.3, -0.25) is 4.90 Å². The van der Waals surface area contributed by atoms with E-state index in [1.807, 2.05) is 12.1 Å². The normalized spacial score (nSPS) is 25.1. The Labute approximate surface area is 202 Å². The van der Waals surface area contributed by atoms with E-state index >= 15 is 0 Å². The van der Waals surface area contributed by atoms with Crippen LogP contribution in [0.3, 0.4) is 0 Å². The van der Waals surface area contributed by atoms with Crippen LogP contribution >= 0.6 is 0 Å². The van der Waals surface area contributed by atoms with Gasteiger partial charge in [0.1, 0.15) is 0 Å². The molecule has 0 saturated carbocycles. The van der Waals surface area contributed by atoms with Gasteiger partial charge in [-0.15, -0.1) is 0 Å². The van der Waals surface area contributed by atoms with Gasteiger partial charge in [0, 0.05) is 36.9 Å². The summed E-state index contributed by atoms with van der Waals surface area (Å²) < 4.78 is 16.6.